The van der Waals surface area contributed by atoms with Gasteiger partial charge in [-0.25, -0.2) is 4.68 Å². The number of carbonyl (C=O) groups excluding carboxylic acids is 1. The average Bonchev–Trinajstić information content (AvgIpc) is 3.12. The zero-order valence-corrected chi connectivity index (χ0v) is 15.8. The van der Waals surface area contributed by atoms with Gasteiger partial charge in [0.15, 0.2) is 5.78 Å². The van der Waals surface area contributed by atoms with Gasteiger partial charge >= 0.3 is 0 Å². The molecule has 0 amide bonds. The van der Waals surface area contributed by atoms with E-state index in [0.29, 0.717) is 30.8 Å². The topological polar surface area (TPSA) is 118 Å². The maximum absolute atomic E-state index is 13.3. The van der Waals surface area contributed by atoms with E-state index in [-0.39, 0.29) is 18.6 Å². The van der Waals surface area contributed by atoms with Crippen molar-refractivity contribution in [1.82, 2.24) is 20.1 Å². The molecule has 2 heterocycles. The van der Waals surface area contributed by atoms with Crippen molar-refractivity contribution in [2.75, 3.05) is 31.6 Å². The zero-order chi connectivity index (χ0) is 19.7. The second kappa shape index (κ2) is 7.67. The Morgan fingerprint density at radius 3 is 2.86 bits per heavy atom. The summed E-state index contributed by atoms with van der Waals surface area (Å²) in [4.78, 5) is 17.4. The number of benzene rings is 1. The van der Waals surface area contributed by atoms with Crippen LogP contribution in [0.3, 0.4) is 0 Å². The highest BCUT2D eigenvalue weighted by atomic mass is 16.3. The van der Waals surface area contributed by atoms with Gasteiger partial charge in [0.25, 0.3) is 0 Å². The lowest BCUT2D eigenvalue weighted by Crippen LogP contribution is -2.25. The van der Waals surface area contributed by atoms with Gasteiger partial charge in [0.05, 0.1) is 29.4 Å². The first-order valence-corrected chi connectivity index (χ1v) is 9.52. The number of fused-ring (bicyclic) bond motifs is 2. The van der Waals surface area contributed by atoms with Gasteiger partial charge < -0.3 is 21.5 Å². The Kier molecular flexibility index (Phi) is 5.08. The van der Waals surface area contributed by atoms with E-state index in [1.54, 1.807) is 12.4 Å². The molecule has 0 saturated heterocycles. The van der Waals surface area contributed by atoms with Gasteiger partial charge in [-0.15, -0.1) is 0 Å². The number of aliphatic hydroxyl groups is 1. The van der Waals surface area contributed by atoms with Crippen LogP contribution in [0.1, 0.15) is 35.4 Å². The molecular formula is C20H24N6O2. The third-order valence-corrected chi connectivity index (χ3v) is 5.06. The van der Waals surface area contributed by atoms with Crippen LogP contribution in [0.2, 0.25) is 0 Å². The molecule has 5 N–H and O–H groups in total. The van der Waals surface area contributed by atoms with Crippen molar-refractivity contribution in [2.45, 2.75) is 19.5 Å². The molecule has 1 aliphatic carbocycles. The third kappa shape index (κ3) is 2.95. The molecular weight excluding hydrogens is 356 g/mol. The Morgan fingerprint density at radius 1 is 1.21 bits per heavy atom. The molecule has 0 radical (unpaired) electrons. The van der Waals surface area contributed by atoms with Crippen LogP contribution in [0.4, 0.5) is 5.69 Å². The quantitative estimate of drug-likeness (QED) is 0.342. The summed E-state index contributed by atoms with van der Waals surface area (Å²) < 4.78 is 1.81. The number of ketones is 1. The van der Waals surface area contributed by atoms with Crippen LogP contribution in [0.15, 0.2) is 30.6 Å². The Labute approximate surface area is 162 Å². The molecule has 4 rings (SSSR count). The average molecular weight is 380 g/mol. The molecule has 1 atom stereocenters. The summed E-state index contributed by atoms with van der Waals surface area (Å²) in [6.07, 6.45) is 3.75. The number of hydrogen-bond donors (Lipinski definition) is 4. The van der Waals surface area contributed by atoms with Gasteiger partial charge in [0.2, 0.25) is 0 Å². The highest BCUT2D eigenvalue weighted by Crippen LogP contribution is 2.42. The molecule has 1 unspecified atom stereocenters. The maximum Gasteiger partial charge on any atom is 0.198 e. The van der Waals surface area contributed by atoms with Crippen LogP contribution in [0, 0.1) is 0 Å². The van der Waals surface area contributed by atoms with Gasteiger partial charge in [0.1, 0.15) is 5.69 Å². The minimum absolute atomic E-state index is 0.0587. The van der Waals surface area contributed by atoms with E-state index < -0.39 is 0 Å². The highest BCUT2D eigenvalue weighted by molar-refractivity contribution is 6.27. The Morgan fingerprint density at radius 2 is 2.07 bits per heavy atom. The lowest BCUT2D eigenvalue weighted by Gasteiger charge is -2.18. The summed E-state index contributed by atoms with van der Waals surface area (Å²) in [5, 5.41) is 20.9. The van der Waals surface area contributed by atoms with Crippen LogP contribution in [-0.4, -0.2) is 51.9 Å². The smallest absolute Gasteiger partial charge is 0.198 e. The molecule has 0 bridgehead atoms. The number of nitrogens with one attached hydrogen (secondary N) is 2. The predicted octanol–water partition coefficient (Wildman–Crippen LogP) is 1.50. The van der Waals surface area contributed by atoms with Gasteiger partial charge in [-0.1, -0.05) is 6.92 Å². The third-order valence-electron chi connectivity index (χ3n) is 5.06. The van der Waals surface area contributed by atoms with Crippen molar-refractivity contribution in [2.24, 2.45) is 5.73 Å². The normalized spacial score (nSPS) is 13.6. The number of carbonyl (C=O) groups is 1. The van der Waals surface area contributed by atoms with Crippen LogP contribution in [0.25, 0.3) is 22.2 Å². The lowest BCUT2D eigenvalue weighted by molar-refractivity contribution is 0.104. The zero-order valence-electron chi connectivity index (χ0n) is 15.8. The summed E-state index contributed by atoms with van der Waals surface area (Å²) >= 11 is 0. The van der Waals surface area contributed by atoms with Crippen LogP contribution in [0.5, 0.6) is 0 Å². The van der Waals surface area contributed by atoms with E-state index in [9.17, 15) is 4.79 Å². The van der Waals surface area contributed by atoms with Gasteiger partial charge in [0, 0.05) is 48.7 Å². The van der Waals surface area contributed by atoms with Crippen LogP contribution in [-0.2, 0) is 0 Å². The predicted molar refractivity (Wildman–Crippen MR) is 108 cm³/mol. The number of nitrogens with zero attached hydrogens (tertiary/aromatic N) is 3. The fourth-order valence-electron chi connectivity index (χ4n) is 3.64. The number of rotatable bonds is 8. The largest absolute Gasteiger partial charge is 0.395 e. The van der Waals surface area contributed by atoms with E-state index in [1.807, 2.05) is 29.8 Å². The second-order valence-electron chi connectivity index (χ2n) is 6.80. The fraction of sp³-hybridized carbons (Fsp3) is 0.350. The van der Waals surface area contributed by atoms with Crippen molar-refractivity contribution in [3.05, 3.63) is 41.7 Å². The maximum atomic E-state index is 13.3. The second-order valence-corrected chi connectivity index (χ2v) is 6.80. The van der Waals surface area contributed by atoms with Crippen molar-refractivity contribution >= 4 is 22.4 Å². The number of hydrogen-bond acceptors (Lipinski definition) is 7. The summed E-state index contributed by atoms with van der Waals surface area (Å²) in [5.74, 6) is -0.0587. The lowest BCUT2D eigenvalue weighted by atomic mass is 9.87. The van der Waals surface area contributed by atoms with Gasteiger partial charge in [-0.2, -0.15) is 5.10 Å². The molecule has 3 aromatic rings. The van der Waals surface area contributed by atoms with Gasteiger partial charge in [-0.3, -0.25) is 9.78 Å². The number of pyridine rings is 1. The van der Waals surface area contributed by atoms with Crippen molar-refractivity contribution in [3.8, 4) is 11.3 Å². The molecule has 8 nitrogen and oxygen atoms in total. The summed E-state index contributed by atoms with van der Waals surface area (Å²) in [7, 11) is 0. The summed E-state index contributed by atoms with van der Waals surface area (Å²) in [6, 6.07) is 5.71. The molecule has 1 aliphatic rings. The van der Waals surface area contributed by atoms with E-state index in [1.165, 1.54) is 0 Å². The first kappa shape index (κ1) is 18.5. The minimum atomic E-state index is -0.260. The first-order valence-electron chi connectivity index (χ1n) is 9.52. The molecule has 2 aromatic heterocycles. The summed E-state index contributed by atoms with van der Waals surface area (Å²) in [5.41, 5.74) is 10.6. The van der Waals surface area contributed by atoms with E-state index >= 15 is 0 Å². The SMILES string of the molecule is CCC(N)n1nc2c3c(c(NCCNCCO)ccc31)C(=O)c1cnccc1-2. The van der Waals surface area contributed by atoms with E-state index in [0.717, 1.165) is 34.3 Å². The molecule has 8 heteroatoms. The van der Waals surface area contributed by atoms with E-state index in [4.69, 9.17) is 15.9 Å². The van der Waals surface area contributed by atoms with Gasteiger partial charge in [-0.05, 0) is 24.6 Å². The van der Waals surface area contributed by atoms with E-state index in [2.05, 4.69) is 15.6 Å². The molecule has 1 aromatic carbocycles. The van der Waals surface area contributed by atoms with Crippen LogP contribution < -0.4 is 16.4 Å². The Bertz CT molecular complexity index is 1030. The van der Waals surface area contributed by atoms with Crippen molar-refractivity contribution in [3.63, 3.8) is 0 Å². The number of aliphatic hydroxyl groups excluding tert-OH is 1. The molecule has 0 aliphatic heterocycles. The molecule has 146 valence electrons. The molecule has 28 heavy (non-hydrogen) atoms. The minimum Gasteiger partial charge on any atom is -0.395 e. The van der Waals surface area contributed by atoms with Crippen molar-refractivity contribution < 1.29 is 9.90 Å². The number of nitrogens with two attached hydrogens (primary N) is 1. The van der Waals surface area contributed by atoms with Crippen molar-refractivity contribution in [1.29, 1.82) is 0 Å². The Balaban J connectivity index is 1.84. The first-order chi connectivity index (χ1) is 13.7. The summed E-state index contributed by atoms with van der Waals surface area (Å²) in [6.45, 7) is 3.95. The monoisotopic (exact) mass is 380 g/mol. The molecule has 0 spiro atoms. The Hall–Kier alpha value is -2.81. The number of anilines is 1. The molecule has 0 saturated carbocycles. The molecule has 0 fully saturated rings. The van der Waals surface area contributed by atoms with Crippen LogP contribution >= 0.6 is 0 Å². The fourth-order valence-corrected chi connectivity index (χ4v) is 3.64. The number of aromatic nitrogens is 3. The highest BCUT2D eigenvalue weighted by Gasteiger charge is 2.31. The standard InChI is InChI=1S/C20H24N6O2/c1-2-16(21)26-15-4-3-14(24-8-7-22-9-10-27)17-18(15)19(25-26)12-5-6-23-11-13(12)20(17)28/h3-6,11,16,22,24,27H,2,7-10,21H2,1H3.